The Morgan fingerprint density at radius 3 is 2.61 bits per heavy atom. The zero-order valence-electron chi connectivity index (χ0n) is 10.7. The van der Waals surface area contributed by atoms with Crippen LogP contribution in [0.5, 0.6) is 0 Å². The fourth-order valence-corrected chi connectivity index (χ4v) is 2.45. The molecule has 0 aromatic rings. The molecule has 0 spiro atoms. The van der Waals surface area contributed by atoms with E-state index in [1.165, 1.54) is 11.9 Å². The topological polar surface area (TPSA) is 46.3 Å². The fraction of sp³-hybridized carbons (Fsp3) is 0.917. The Morgan fingerprint density at radius 2 is 2.06 bits per heavy atom. The lowest BCUT2D eigenvalue weighted by Gasteiger charge is -2.30. The van der Waals surface area contributed by atoms with Gasteiger partial charge in [0, 0.05) is 19.5 Å². The largest absolute Gasteiger partial charge is 0.390 e. The maximum atomic E-state index is 12.1. The second-order valence-electron chi connectivity index (χ2n) is 5.09. The highest BCUT2D eigenvalue weighted by molar-refractivity contribution is 5.78. The number of alkyl halides is 3. The Bertz CT molecular complexity index is 281. The summed E-state index contributed by atoms with van der Waals surface area (Å²) in [5.41, 5.74) is 5.58. The van der Waals surface area contributed by atoms with Gasteiger partial charge in [0.25, 0.3) is 0 Å². The van der Waals surface area contributed by atoms with Gasteiger partial charge in [0.2, 0.25) is 5.91 Å². The summed E-state index contributed by atoms with van der Waals surface area (Å²) in [6.07, 6.45) is -1.71. The first-order valence-corrected chi connectivity index (χ1v) is 6.35. The number of hydrogen-bond acceptors (Lipinski definition) is 2. The van der Waals surface area contributed by atoms with Crippen LogP contribution in [0.15, 0.2) is 0 Å². The summed E-state index contributed by atoms with van der Waals surface area (Å²) in [6.45, 7) is 0.294. The fourth-order valence-electron chi connectivity index (χ4n) is 2.45. The average Bonchev–Trinajstić information content (AvgIpc) is 2.34. The van der Waals surface area contributed by atoms with Crippen LogP contribution in [0, 0.1) is 11.8 Å². The van der Waals surface area contributed by atoms with E-state index in [4.69, 9.17) is 5.73 Å². The molecule has 1 aliphatic carbocycles. The van der Waals surface area contributed by atoms with Gasteiger partial charge >= 0.3 is 6.18 Å². The Morgan fingerprint density at radius 1 is 1.39 bits per heavy atom. The average molecular weight is 266 g/mol. The molecule has 6 heteroatoms. The van der Waals surface area contributed by atoms with Crippen molar-refractivity contribution in [1.82, 2.24) is 4.90 Å². The van der Waals surface area contributed by atoms with Crippen LogP contribution >= 0.6 is 0 Å². The van der Waals surface area contributed by atoms with E-state index < -0.39 is 12.6 Å². The molecule has 0 heterocycles. The third-order valence-electron chi connectivity index (χ3n) is 3.57. The lowest BCUT2D eigenvalue weighted by molar-refractivity contribution is -0.146. The van der Waals surface area contributed by atoms with Gasteiger partial charge in [0.05, 0.1) is 6.42 Å². The Balaban J connectivity index is 2.43. The van der Waals surface area contributed by atoms with Crippen molar-refractivity contribution in [2.75, 3.05) is 20.1 Å². The van der Waals surface area contributed by atoms with Crippen molar-refractivity contribution in [3.05, 3.63) is 0 Å². The first kappa shape index (κ1) is 15.3. The van der Waals surface area contributed by atoms with Gasteiger partial charge in [-0.05, 0) is 31.7 Å². The van der Waals surface area contributed by atoms with Crippen LogP contribution in [0.1, 0.15) is 32.1 Å². The molecule has 0 bridgehead atoms. The van der Waals surface area contributed by atoms with Crippen molar-refractivity contribution in [1.29, 1.82) is 0 Å². The quantitative estimate of drug-likeness (QED) is 0.847. The van der Waals surface area contributed by atoms with Gasteiger partial charge in [-0.15, -0.1) is 0 Å². The van der Waals surface area contributed by atoms with E-state index in [2.05, 4.69) is 0 Å². The minimum absolute atomic E-state index is 0.148. The Labute approximate surface area is 106 Å². The molecule has 18 heavy (non-hydrogen) atoms. The molecule has 106 valence electrons. The van der Waals surface area contributed by atoms with Crippen molar-refractivity contribution in [2.45, 2.75) is 38.3 Å². The molecule has 0 aromatic carbocycles. The minimum Gasteiger partial charge on any atom is -0.345 e. The van der Waals surface area contributed by atoms with E-state index in [-0.39, 0.29) is 18.4 Å². The molecule has 0 radical (unpaired) electrons. The molecule has 2 N–H and O–H groups in total. The molecular weight excluding hydrogens is 245 g/mol. The highest BCUT2D eigenvalue weighted by Crippen LogP contribution is 2.30. The van der Waals surface area contributed by atoms with E-state index in [9.17, 15) is 18.0 Å². The number of hydrogen-bond donors (Lipinski definition) is 1. The predicted octanol–water partition coefficient (Wildman–Crippen LogP) is 2.16. The van der Waals surface area contributed by atoms with Crippen LogP contribution in [0.2, 0.25) is 0 Å². The number of carbonyl (C=O) groups excluding carboxylic acids is 1. The molecule has 1 aliphatic rings. The predicted molar refractivity (Wildman–Crippen MR) is 62.8 cm³/mol. The summed E-state index contributed by atoms with van der Waals surface area (Å²) in [5.74, 6) is 0.0200. The van der Waals surface area contributed by atoms with Gasteiger partial charge in [-0.1, -0.05) is 6.42 Å². The molecular formula is C12H21F3N2O. The zero-order valence-corrected chi connectivity index (χ0v) is 10.7. The normalized spacial score (nSPS) is 24.9. The van der Waals surface area contributed by atoms with E-state index in [1.54, 1.807) is 0 Å². The minimum atomic E-state index is -4.21. The summed E-state index contributed by atoms with van der Waals surface area (Å²) >= 11 is 0. The Hall–Kier alpha value is -0.780. The summed E-state index contributed by atoms with van der Waals surface area (Å²) in [4.78, 5) is 13.2. The number of amides is 1. The first-order valence-electron chi connectivity index (χ1n) is 6.35. The SMILES string of the molecule is CN(CCC(F)(F)F)C(=O)C1CCCC(CN)C1. The van der Waals surface area contributed by atoms with Gasteiger partial charge < -0.3 is 10.6 Å². The Kier molecular flexibility index (Phi) is 5.44. The van der Waals surface area contributed by atoms with Crippen molar-refractivity contribution >= 4 is 5.91 Å². The van der Waals surface area contributed by atoms with Gasteiger partial charge in [-0.2, -0.15) is 13.2 Å². The van der Waals surface area contributed by atoms with Crippen molar-refractivity contribution in [2.24, 2.45) is 17.6 Å². The monoisotopic (exact) mass is 266 g/mol. The van der Waals surface area contributed by atoms with E-state index >= 15 is 0 Å². The first-order chi connectivity index (χ1) is 8.33. The summed E-state index contributed by atoms with van der Waals surface area (Å²) in [6, 6.07) is 0. The van der Waals surface area contributed by atoms with Crippen LogP contribution in [0.25, 0.3) is 0 Å². The zero-order chi connectivity index (χ0) is 13.8. The van der Waals surface area contributed by atoms with Crippen molar-refractivity contribution in [3.8, 4) is 0 Å². The van der Waals surface area contributed by atoms with Gasteiger partial charge in [-0.3, -0.25) is 4.79 Å². The van der Waals surface area contributed by atoms with Crippen LogP contribution in [0.3, 0.4) is 0 Å². The van der Waals surface area contributed by atoms with Crippen LogP contribution in [0.4, 0.5) is 13.2 Å². The molecule has 1 amide bonds. The van der Waals surface area contributed by atoms with Crippen molar-refractivity contribution in [3.63, 3.8) is 0 Å². The number of halogens is 3. The standard InChI is InChI=1S/C12H21F3N2O/c1-17(6-5-12(13,14)15)11(18)10-4-2-3-9(7-10)8-16/h9-10H,2-8,16H2,1H3. The number of carbonyl (C=O) groups is 1. The number of nitrogens with two attached hydrogens (primary N) is 1. The molecule has 2 unspecified atom stereocenters. The number of rotatable bonds is 4. The van der Waals surface area contributed by atoms with E-state index in [1.807, 2.05) is 0 Å². The van der Waals surface area contributed by atoms with Gasteiger partial charge in [0.15, 0.2) is 0 Å². The number of nitrogens with zero attached hydrogens (tertiary/aromatic N) is 1. The van der Waals surface area contributed by atoms with E-state index in [0.29, 0.717) is 18.9 Å². The smallest absolute Gasteiger partial charge is 0.345 e. The molecule has 1 saturated carbocycles. The molecule has 0 aliphatic heterocycles. The summed E-state index contributed by atoms with van der Waals surface area (Å²) < 4.78 is 36.3. The van der Waals surface area contributed by atoms with Gasteiger partial charge in [0.1, 0.15) is 0 Å². The molecule has 0 aromatic heterocycles. The highest BCUT2D eigenvalue weighted by atomic mass is 19.4. The third-order valence-corrected chi connectivity index (χ3v) is 3.57. The summed E-state index contributed by atoms with van der Waals surface area (Å²) in [7, 11) is 1.44. The lowest BCUT2D eigenvalue weighted by atomic mass is 9.81. The van der Waals surface area contributed by atoms with Crippen LogP contribution in [-0.4, -0.2) is 37.1 Å². The second kappa shape index (κ2) is 6.41. The lowest BCUT2D eigenvalue weighted by Crippen LogP contribution is -2.38. The van der Waals surface area contributed by atoms with Crippen LogP contribution < -0.4 is 5.73 Å². The van der Waals surface area contributed by atoms with Crippen LogP contribution in [-0.2, 0) is 4.79 Å². The maximum absolute atomic E-state index is 12.1. The molecule has 1 rings (SSSR count). The molecule has 1 fully saturated rings. The molecule has 2 atom stereocenters. The molecule has 3 nitrogen and oxygen atoms in total. The van der Waals surface area contributed by atoms with Gasteiger partial charge in [-0.25, -0.2) is 0 Å². The molecule has 0 saturated heterocycles. The maximum Gasteiger partial charge on any atom is 0.390 e. The third kappa shape index (κ3) is 4.84. The second-order valence-corrected chi connectivity index (χ2v) is 5.09. The van der Waals surface area contributed by atoms with Crippen molar-refractivity contribution < 1.29 is 18.0 Å². The summed E-state index contributed by atoms with van der Waals surface area (Å²) in [5, 5.41) is 0. The van der Waals surface area contributed by atoms with E-state index in [0.717, 1.165) is 19.3 Å². The highest BCUT2D eigenvalue weighted by Gasteiger charge is 2.31.